The first-order valence-corrected chi connectivity index (χ1v) is 9.96. The second-order valence-electron chi connectivity index (χ2n) is 7.30. The van der Waals surface area contributed by atoms with Crippen LogP contribution in [0.5, 0.6) is 5.75 Å². The molecule has 1 fully saturated rings. The van der Waals surface area contributed by atoms with Crippen LogP contribution in [0.3, 0.4) is 0 Å². The number of amides is 2. The Labute approximate surface area is 170 Å². The van der Waals surface area contributed by atoms with Gasteiger partial charge in [-0.05, 0) is 54.8 Å². The SMILES string of the molecule is CC(Oc1ccc2ccccc2c1)C(=O)Nc1ccccc1C(=O)N1CCCC1. The van der Waals surface area contributed by atoms with Gasteiger partial charge in [0, 0.05) is 13.1 Å². The van der Waals surface area contributed by atoms with E-state index >= 15 is 0 Å². The molecular weight excluding hydrogens is 364 g/mol. The molecule has 0 saturated carbocycles. The van der Waals surface area contributed by atoms with Crippen LogP contribution < -0.4 is 10.1 Å². The standard InChI is InChI=1S/C24H24N2O3/c1-17(29-20-13-12-18-8-2-3-9-19(18)16-20)23(27)25-22-11-5-4-10-21(22)24(28)26-14-6-7-15-26/h2-5,8-13,16-17H,6-7,14-15H2,1H3,(H,25,27). The monoisotopic (exact) mass is 388 g/mol. The van der Waals surface area contributed by atoms with Crippen molar-refractivity contribution in [1.82, 2.24) is 4.90 Å². The molecule has 1 saturated heterocycles. The van der Waals surface area contributed by atoms with Gasteiger partial charge in [0.15, 0.2) is 6.10 Å². The van der Waals surface area contributed by atoms with Crippen molar-refractivity contribution < 1.29 is 14.3 Å². The average molecular weight is 388 g/mol. The van der Waals surface area contributed by atoms with Gasteiger partial charge in [-0.25, -0.2) is 0 Å². The summed E-state index contributed by atoms with van der Waals surface area (Å²) in [7, 11) is 0. The number of hydrogen-bond donors (Lipinski definition) is 1. The van der Waals surface area contributed by atoms with Gasteiger partial charge in [-0.1, -0.05) is 42.5 Å². The Kier molecular flexibility index (Phi) is 5.47. The van der Waals surface area contributed by atoms with E-state index < -0.39 is 6.10 Å². The molecule has 29 heavy (non-hydrogen) atoms. The summed E-state index contributed by atoms with van der Waals surface area (Å²) in [6, 6.07) is 20.9. The molecule has 0 radical (unpaired) electrons. The molecular formula is C24H24N2O3. The van der Waals surface area contributed by atoms with Crippen molar-refractivity contribution in [2.75, 3.05) is 18.4 Å². The highest BCUT2D eigenvalue weighted by Gasteiger charge is 2.23. The molecule has 1 aliphatic rings. The Balaban J connectivity index is 1.46. The lowest BCUT2D eigenvalue weighted by Gasteiger charge is -2.19. The van der Waals surface area contributed by atoms with Crippen LogP contribution in [-0.4, -0.2) is 35.9 Å². The minimum atomic E-state index is -0.703. The van der Waals surface area contributed by atoms with Gasteiger partial charge in [0.05, 0.1) is 11.3 Å². The number of ether oxygens (including phenoxy) is 1. The molecule has 5 nitrogen and oxygen atoms in total. The number of likely N-dealkylation sites (tertiary alicyclic amines) is 1. The highest BCUT2D eigenvalue weighted by Crippen LogP contribution is 2.23. The Hall–Kier alpha value is -3.34. The molecule has 1 N–H and O–H groups in total. The van der Waals surface area contributed by atoms with Crippen molar-refractivity contribution in [2.24, 2.45) is 0 Å². The Morgan fingerprint density at radius 2 is 1.62 bits per heavy atom. The molecule has 1 heterocycles. The van der Waals surface area contributed by atoms with Crippen LogP contribution in [0.2, 0.25) is 0 Å². The lowest BCUT2D eigenvalue weighted by Crippen LogP contribution is -2.32. The molecule has 3 aromatic carbocycles. The maximum Gasteiger partial charge on any atom is 0.265 e. The number of benzene rings is 3. The fraction of sp³-hybridized carbons (Fsp3) is 0.250. The van der Waals surface area contributed by atoms with Gasteiger partial charge in [-0.3, -0.25) is 9.59 Å². The number of carbonyl (C=O) groups excluding carboxylic acids is 2. The second kappa shape index (κ2) is 8.35. The highest BCUT2D eigenvalue weighted by atomic mass is 16.5. The maximum absolute atomic E-state index is 12.8. The number of hydrogen-bond acceptors (Lipinski definition) is 3. The van der Waals surface area contributed by atoms with Gasteiger partial charge in [0.25, 0.3) is 11.8 Å². The summed E-state index contributed by atoms with van der Waals surface area (Å²) >= 11 is 0. The van der Waals surface area contributed by atoms with E-state index in [4.69, 9.17) is 4.74 Å². The summed E-state index contributed by atoms with van der Waals surface area (Å²) < 4.78 is 5.85. The van der Waals surface area contributed by atoms with E-state index in [1.165, 1.54) is 0 Å². The molecule has 4 rings (SSSR count). The summed E-state index contributed by atoms with van der Waals surface area (Å²) in [5.74, 6) is 0.300. The van der Waals surface area contributed by atoms with Gasteiger partial charge in [0.2, 0.25) is 0 Å². The number of para-hydroxylation sites is 1. The third-order valence-corrected chi connectivity index (χ3v) is 5.21. The summed E-state index contributed by atoms with van der Waals surface area (Å²) in [6.45, 7) is 3.24. The van der Waals surface area contributed by atoms with Gasteiger partial charge < -0.3 is 15.0 Å². The van der Waals surface area contributed by atoms with Crippen LogP contribution in [-0.2, 0) is 4.79 Å². The number of fused-ring (bicyclic) bond motifs is 1. The smallest absolute Gasteiger partial charge is 0.265 e. The van der Waals surface area contributed by atoms with E-state index in [9.17, 15) is 9.59 Å². The lowest BCUT2D eigenvalue weighted by molar-refractivity contribution is -0.122. The average Bonchev–Trinajstić information content (AvgIpc) is 3.28. The van der Waals surface area contributed by atoms with Crippen molar-refractivity contribution >= 4 is 28.3 Å². The minimum absolute atomic E-state index is 0.0403. The highest BCUT2D eigenvalue weighted by molar-refractivity contribution is 6.04. The quantitative estimate of drug-likeness (QED) is 0.701. The molecule has 1 aliphatic heterocycles. The van der Waals surface area contributed by atoms with E-state index in [-0.39, 0.29) is 11.8 Å². The first-order chi connectivity index (χ1) is 14.1. The summed E-state index contributed by atoms with van der Waals surface area (Å²) in [5, 5.41) is 5.03. The zero-order valence-corrected chi connectivity index (χ0v) is 16.4. The normalized spacial score (nSPS) is 14.6. The zero-order valence-electron chi connectivity index (χ0n) is 16.4. The van der Waals surface area contributed by atoms with Crippen molar-refractivity contribution in [3.05, 3.63) is 72.3 Å². The largest absolute Gasteiger partial charge is 0.481 e. The lowest BCUT2D eigenvalue weighted by atomic mass is 10.1. The third-order valence-electron chi connectivity index (χ3n) is 5.21. The Morgan fingerprint density at radius 3 is 2.41 bits per heavy atom. The van der Waals surface area contributed by atoms with Gasteiger partial charge in [-0.2, -0.15) is 0 Å². The summed E-state index contributed by atoms with van der Waals surface area (Å²) in [6.07, 6.45) is 1.35. The van der Waals surface area contributed by atoms with Crippen LogP contribution >= 0.6 is 0 Å². The first kappa shape index (κ1) is 19.0. The Morgan fingerprint density at radius 1 is 0.931 bits per heavy atom. The van der Waals surface area contributed by atoms with E-state index in [0.29, 0.717) is 17.0 Å². The second-order valence-corrected chi connectivity index (χ2v) is 7.30. The molecule has 1 atom stereocenters. The van der Waals surface area contributed by atoms with Crippen LogP contribution in [0.1, 0.15) is 30.1 Å². The fourth-order valence-electron chi connectivity index (χ4n) is 3.60. The third kappa shape index (κ3) is 4.24. The predicted octanol–water partition coefficient (Wildman–Crippen LogP) is 4.48. The van der Waals surface area contributed by atoms with E-state index in [1.54, 1.807) is 19.1 Å². The molecule has 3 aromatic rings. The van der Waals surface area contributed by atoms with Crippen molar-refractivity contribution in [3.63, 3.8) is 0 Å². The number of rotatable bonds is 5. The van der Waals surface area contributed by atoms with Crippen molar-refractivity contribution in [2.45, 2.75) is 25.9 Å². The number of nitrogens with zero attached hydrogens (tertiary/aromatic N) is 1. The molecule has 2 amide bonds. The van der Waals surface area contributed by atoms with Gasteiger partial charge in [-0.15, -0.1) is 0 Å². The maximum atomic E-state index is 12.8. The molecule has 0 spiro atoms. The van der Waals surface area contributed by atoms with E-state index in [0.717, 1.165) is 36.7 Å². The minimum Gasteiger partial charge on any atom is -0.481 e. The molecule has 0 aliphatic carbocycles. The van der Waals surface area contributed by atoms with E-state index in [1.807, 2.05) is 59.5 Å². The molecule has 148 valence electrons. The Bertz CT molecular complexity index is 1040. The molecule has 0 aromatic heterocycles. The number of carbonyl (C=O) groups is 2. The van der Waals surface area contributed by atoms with Crippen LogP contribution in [0.25, 0.3) is 10.8 Å². The summed E-state index contributed by atoms with van der Waals surface area (Å²) in [5.41, 5.74) is 1.03. The molecule has 5 heteroatoms. The summed E-state index contributed by atoms with van der Waals surface area (Å²) in [4.78, 5) is 27.3. The first-order valence-electron chi connectivity index (χ1n) is 9.96. The van der Waals surface area contributed by atoms with Gasteiger partial charge in [0.1, 0.15) is 5.75 Å². The number of anilines is 1. The fourth-order valence-corrected chi connectivity index (χ4v) is 3.60. The topological polar surface area (TPSA) is 58.6 Å². The van der Waals surface area contributed by atoms with Crippen LogP contribution in [0.15, 0.2) is 66.7 Å². The predicted molar refractivity (Wildman–Crippen MR) is 114 cm³/mol. The van der Waals surface area contributed by atoms with Crippen LogP contribution in [0.4, 0.5) is 5.69 Å². The van der Waals surface area contributed by atoms with Crippen molar-refractivity contribution in [1.29, 1.82) is 0 Å². The van der Waals surface area contributed by atoms with Gasteiger partial charge >= 0.3 is 0 Å². The van der Waals surface area contributed by atoms with E-state index in [2.05, 4.69) is 5.32 Å². The van der Waals surface area contributed by atoms with Crippen LogP contribution in [0, 0.1) is 0 Å². The zero-order chi connectivity index (χ0) is 20.2. The molecule has 0 bridgehead atoms. The number of nitrogens with one attached hydrogen (secondary N) is 1. The van der Waals surface area contributed by atoms with Crippen molar-refractivity contribution in [3.8, 4) is 5.75 Å². The molecule has 1 unspecified atom stereocenters.